The van der Waals surface area contributed by atoms with Gasteiger partial charge in [0.15, 0.2) is 5.96 Å². The number of nitrogens with one attached hydrogen (secondary N) is 2. The maximum atomic E-state index is 12.9. The number of guanidine groups is 1. The molecule has 0 aliphatic carbocycles. The van der Waals surface area contributed by atoms with Crippen molar-refractivity contribution in [3.8, 4) is 0 Å². The van der Waals surface area contributed by atoms with E-state index in [0.717, 1.165) is 17.7 Å². The number of aromatic nitrogens is 1. The molecule has 0 radical (unpaired) electrons. The monoisotopic (exact) mass is 513 g/mol. The Morgan fingerprint density at radius 3 is 2.55 bits per heavy atom. The standard InChI is InChI=1S/C21H28FN5O.HI/c1-3-23-21(25-14-11-17-7-9-18(22)10-8-17)26-16-20(28)27(2)15-12-19-6-4-5-13-24-19;/h4-10,13H,3,11-12,14-16H2,1-2H3,(H2,23,25,26);1H. The van der Waals surface area contributed by atoms with Crippen LogP contribution in [0.5, 0.6) is 0 Å². The zero-order valence-corrected chi connectivity index (χ0v) is 19.2. The first-order chi connectivity index (χ1) is 13.6. The Morgan fingerprint density at radius 2 is 1.90 bits per heavy atom. The predicted molar refractivity (Wildman–Crippen MR) is 125 cm³/mol. The predicted octanol–water partition coefficient (Wildman–Crippen LogP) is 2.64. The van der Waals surface area contributed by atoms with E-state index in [-0.39, 0.29) is 42.2 Å². The van der Waals surface area contributed by atoms with Crippen LogP contribution >= 0.6 is 24.0 Å². The Balaban J connectivity index is 0.00000420. The second-order valence-corrected chi connectivity index (χ2v) is 6.38. The van der Waals surface area contributed by atoms with Crippen LogP contribution in [-0.2, 0) is 17.6 Å². The lowest BCUT2D eigenvalue weighted by atomic mass is 10.1. The van der Waals surface area contributed by atoms with Crippen LogP contribution in [0.1, 0.15) is 18.2 Å². The first-order valence-corrected chi connectivity index (χ1v) is 9.49. The minimum Gasteiger partial charge on any atom is -0.357 e. The summed E-state index contributed by atoms with van der Waals surface area (Å²) in [5.41, 5.74) is 2.00. The third-order valence-electron chi connectivity index (χ3n) is 4.19. The van der Waals surface area contributed by atoms with Gasteiger partial charge < -0.3 is 15.5 Å². The summed E-state index contributed by atoms with van der Waals surface area (Å²) in [7, 11) is 1.77. The van der Waals surface area contributed by atoms with Crippen LogP contribution in [-0.4, -0.2) is 55.0 Å². The van der Waals surface area contributed by atoms with E-state index in [2.05, 4.69) is 20.6 Å². The van der Waals surface area contributed by atoms with Crippen LogP contribution in [0.2, 0.25) is 0 Å². The highest BCUT2D eigenvalue weighted by atomic mass is 127. The minimum absolute atomic E-state index is 0. The highest BCUT2D eigenvalue weighted by Gasteiger charge is 2.09. The lowest BCUT2D eigenvalue weighted by Gasteiger charge is -2.16. The highest BCUT2D eigenvalue weighted by molar-refractivity contribution is 14.0. The fourth-order valence-electron chi connectivity index (χ4n) is 2.54. The van der Waals surface area contributed by atoms with Gasteiger partial charge in [-0.25, -0.2) is 9.38 Å². The summed E-state index contributed by atoms with van der Waals surface area (Å²) >= 11 is 0. The topological polar surface area (TPSA) is 69.6 Å². The summed E-state index contributed by atoms with van der Waals surface area (Å²) in [5, 5.41) is 6.33. The summed E-state index contributed by atoms with van der Waals surface area (Å²) < 4.78 is 12.9. The van der Waals surface area contributed by atoms with E-state index in [1.54, 1.807) is 30.3 Å². The highest BCUT2D eigenvalue weighted by Crippen LogP contribution is 2.02. The summed E-state index contributed by atoms with van der Waals surface area (Å²) in [6.45, 7) is 3.98. The average Bonchev–Trinajstić information content (AvgIpc) is 2.72. The number of rotatable bonds is 9. The van der Waals surface area contributed by atoms with Gasteiger partial charge in [0.25, 0.3) is 0 Å². The van der Waals surface area contributed by atoms with Gasteiger partial charge in [0.05, 0.1) is 0 Å². The Kier molecular flexibility index (Phi) is 11.9. The molecule has 8 heteroatoms. The van der Waals surface area contributed by atoms with Crippen LogP contribution in [0.15, 0.2) is 53.7 Å². The Morgan fingerprint density at radius 1 is 1.14 bits per heavy atom. The van der Waals surface area contributed by atoms with Crippen molar-refractivity contribution in [2.24, 2.45) is 4.99 Å². The number of amides is 1. The van der Waals surface area contributed by atoms with Gasteiger partial charge >= 0.3 is 0 Å². The van der Waals surface area contributed by atoms with Crippen LogP contribution in [0.3, 0.4) is 0 Å². The summed E-state index contributed by atoms with van der Waals surface area (Å²) in [6.07, 6.45) is 3.20. The summed E-state index contributed by atoms with van der Waals surface area (Å²) in [4.78, 5) is 22.6. The molecule has 0 aliphatic heterocycles. The van der Waals surface area contributed by atoms with Gasteiger partial charge in [-0.15, -0.1) is 24.0 Å². The van der Waals surface area contributed by atoms with Crippen LogP contribution in [0, 0.1) is 5.82 Å². The molecule has 0 saturated heterocycles. The van der Waals surface area contributed by atoms with Crippen molar-refractivity contribution in [2.45, 2.75) is 19.8 Å². The molecule has 0 atom stereocenters. The molecule has 2 aromatic rings. The number of benzene rings is 1. The average molecular weight is 513 g/mol. The fraction of sp³-hybridized carbons (Fsp3) is 0.381. The van der Waals surface area contributed by atoms with Crippen LogP contribution in [0.4, 0.5) is 4.39 Å². The van der Waals surface area contributed by atoms with E-state index in [0.29, 0.717) is 32.0 Å². The second-order valence-electron chi connectivity index (χ2n) is 6.38. The molecule has 1 aromatic carbocycles. The number of likely N-dealkylation sites (N-methyl/N-ethyl adjacent to an activating group) is 1. The molecule has 158 valence electrons. The third kappa shape index (κ3) is 9.69. The molecule has 0 saturated carbocycles. The molecule has 1 heterocycles. The zero-order chi connectivity index (χ0) is 20.2. The number of nitrogens with zero attached hydrogens (tertiary/aromatic N) is 3. The van der Waals surface area contributed by atoms with Gasteiger partial charge in [-0.1, -0.05) is 18.2 Å². The van der Waals surface area contributed by atoms with Gasteiger partial charge in [-0.05, 0) is 43.2 Å². The molecule has 1 amide bonds. The number of pyridine rings is 1. The van der Waals surface area contributed by atoms with Crippen molar-refractivity contribution in [3.63, 3.8) is 0 Å². The van der Waals surface area contributed by atoms with Crippen LogP contribution in [0.25, 0.3) is 0 Å². The number of carbonyl (C=O) groups is 1. The Bertz CT molecular complexity index is 755. The maximum absolute atomic E-state index is 12.9. The molecule has 0 unspecified atom stereocenters. The third-order valence-corrected chi connectivity index (χ3v) is 4.19. The summed E-state index contributed by atoms with van der Waals surface area (Å²) in [5.74, 6) is 0.306. The van der Waals surface area contributed by atoms with Gasteiger partial charge in [0, 0.05) is 45.0 Å². The summed E-state index contributed by atoms with van der Waals surface area (Å²) in [6, 6.07) is 12.2. The van der Waals surface area contributed by atoms with Gasteiger partial charge in [0.2, 0.25) is 5.91 Å². The van der Waals surface area contributed by atoms with Crippen molar-refractivity contribution < 1.29 is 9.18 Å². The molecular weight excluding hydrogens is 484 g/mol. The minimum atomic E-state index is -0.239. The van der Waals surface area contributed by atoms with E-state index >= 15 is 0 Å². The normalized spacial score (nSPS) is 10.8. The first-order valence-electron chi connectivity index (χ1n) is 9.49. The van der Waals surface area contributed by atoms with E-state index in [4.69, 9.17) is 0 Å². The molecule has 2 N–H and O–H groups in total. The van der Waals surface area contributed by atoms with Crippen molar-refractivity contribution in [1.82, 2.24) is 20.5 Å². The molecule has 0 bridgehead atoms. The smallest absolute Gasteiger partial charge is 0.244 e. The molecule has 2 rings (SSSR count). The Labute approximate surface area is 189 Å². The first kappa shape index (κ1) is 24.8. The SMILES string of the molecule is CCNC(=NCC(=O)N(C)CCc1ccccn1)NCCc1ccc(F)cc1.I. The molecular formula is C21H29FIN5O. The van der Waals surface area contributed by atoms with Crippen molar-refractivity contribution in [1.29, 1.82) is 0 Å². The zero-order valence-electron chi connectivity index (χ0n) is 16.9. The van der Waals surface area contributed by atoms with E-state index in [9.17, 15) is 9.18 Å². The van der Waals surface area contributed by atoms with E-state index in [1.807, 2.05) is 25.1 Å². The van der Waals surface area contributed by atoms with Gasteiger partial charge in [-0.2, -0.15) is 0 Å². The lowest BCUT2D eigenvalue weighted by Crippen LogP contribution is -2.39. The molecule has 0 aliphatic rings. The molecule has 0 fully saturated rings. The molecule has 29 heavy (non-hydrogen) atoms. The van der Waals surface area contributed by atoms with Crippen molar-refractivity contribution in [2.75, 3.05) is 33.2 Å². The number of hydrogen-bond acceptors (Lipinski definition) is 3. The van der Waals surface area contributed by atoms with E-state index in [1.165, 1.54) is 12.1 Å². The van der Waals surface area contributed by atoms with E-state index < -0.39 is 0 Å². The van der Waals surface area contributed by atoms with Gasteiger partial charge in [0.1, 0.15) is 12.4 Å². The maximum Gasteiger partial charge on any atom is 0.244 e. The molecule has 1 aromatic heterocycles. The number of aliphatic imine (C=N–C) groups is 1. The van der Waals surface area contributed by atoms with Crippen molar-refractivity contribution in [3.05, 3.63) is 65.7 Å². The quantitative estimate of drug-likeness (QED) is 0.308. The van der Waals surface area contributed by atoms with Gasteiger partial charge in [-0.3, -0.25) is 9.78 Å². The Hall–Kier alpha value is -2.23. The van der Waals surface area contributed by atoms with Crippen molar-refractivity contribution >= 4 is 35.8 Å². The number of halogens is 2. The molecule has 6 nitrogen and oxygen atoms in total. The number of carbonyl (C=O) groups excluding carboxylic acids is 1. The lowest BCUT2D eigenvalue weighted by molar-refractivity contribution is -0.128. The fourth-order valence-corrected chi connectivity index (χ4v) is 2.54. The second kappa shape index (κ2) is 13.9. The molecule has 0 spiro atoms. The number of hydrogen-bond donors (Lipinski definition) is 2. The largest absolute Gasteiger partial charge is 0.357 e. The van der Waals surface area contributed by atoms with Crippen LogP contribution < -0.4 is 10.6 Å².